The Balaban J connectivity index is 1.41. The van der Waals surface area contributed by atoms with Crippen molar-refractivity contribution in [1.29, 1.82) is 0 Å². The Hall–Kier alpha value is -2.52. The molecule has 3 aromatic rings. The third kappa shape index (κ3) is 5.48. The van der Waals surface area contributed by atoms with Gasteiger partial charge in [-0.25, -0.2) is 0 Å². The van der Waals surface area contributed by atoms with Crippen molar-refractivity contribution in [2.45, 2.75) is 19.8 Å². The monoisotopic (exact) mass is 448 g/mol. The summed E-state index contributed by atoms with van der Waals surface area (Å²) in [5.74, 6) is 0.365. The molecule has 0 spiro atoms. The highest BCUT2D eigenvalue weighted by molar-refractivity contribution is 9.10. The Morgan fingerprint density at radius 3 is 2.85 bits per heavy atom. The number of benzene rings is 1. The van der Waals surface area contributed by atoms with Gasteiger partial charge in [0.2, 0.25) is 23.5 Å². The molecule has 3 rings (SSSR count). The van der Waals surface area contributed by atoms with E-state index >= 15 is 0 Å². The zero-order valence-corrected chi connectivity index (χ0v) is 16.9. The highest BCUT2D eigenvalue weighted by Gasteiger charge is 2.12. The van der Waals surface area contributed by atoms with Gasteiger partial charge in [-0.3, -0.25) is 9.59 Å². The van der Waals surface area contributed by atoms with Gasteiger partial charge < -0.3 is 15.2 Å². The van der Waals surface area contributed by atoms with Gasteiger partial charge in [-0.05, 0) is 42.1 Å². The normalized spacial score (nSPS) is 10.6. The van der Waals surface area contributed by atoms with Gasteiger partial charge >= 0.3 is 0 Å². The van der Waals surface area contributed by atoms with E-state index in [0.717, 1.165) is 14.9 Å². The van der Waals surface area contributed by atoms with Crippen LogP contribution in [-0.4, -0.2) is 28.5 Å². The standard InChI is InChI=1S/C18H17BrN4O3S/c1-11-9-12(4-5-13(11)19)21-16(25)10-20-15(24)6-7-17-22-18(23-26-17)14-3-2-8-27-14/h2-5,8-9H,6-7,10H2,1H3,(H,20,24)(H,21,25). The molecule has 0 fully saturated rings. The maximum absolute atomic E-state index is 11.9. The molecule has 0 aliphatic rings. The van der Waals surface area contributed by atoms with Gasteiger partial charge in [0.15, 0.2) is 0 Å². The third-order valence-corrected chi connectivity index (χ3v) is 5.42. The average molecular weight is 449 g/mol. The Morgan fingerprint density at radius 1 is 1.26 bits per heavy atom. The molecule has 2 aromatic heterocycles. The van der Waals surface area contributed by atoms with Gasteiger partial charge in [-0.1, -0.05) is 27.2 Å². The van der Waals surface area contributed by atoms with Crippen LogP contribution in [0.3, 0.4) is 0 Å². The first kappa shape index (κ1) is 19.2. The highest BCUT2D eigenvalue weighted by Crippen LogP contribution is 2.21. The van der Waals surface area contributed by atoms with Crippen molar-refractivity contribution in [1.82, 2.24) is 15.5 Å². The van der Waals surface area contributed by atoms with E-state index < -0.39 is 0 Å². The average Bonchev–Trinajstić information content (AvgIpc) is 3.32. The fraction of sp³-hybridized carbons (Fsp3) is 0.222. The predicted molar refractivity (Wildman–Crippen MR) is 106 cm³/mol. The summed E-state index contributed by atoms with van der Waals surface area (Å²) in [4.78, 5) is 29.0. The zero-order chi connectivity index (χ0) is 19.2. The molecule has 0 saturated carbocycles. The first-order chi connectivity index (χ1) is 13.0. The van der Waals surface area contributed by atoms with Crippen molar-refractivity contribution in [2.24, 2.45) is 0 Å². The summed E-state index contributed by atoms with van der Waals surface area (Å²) < 4.78 is 6.12. The number of nitrogens with zero attached hydrogens (tertiary/aromatic N) is 2. The molecule has 9 heteroatoms. The summed E-state index contributed by atoms with van der Waals surface area (Å²) in [5, 5.41) is 11.2. The second-order valence-corrected chi connectivity index (χ2v) is 7.58. The quantitative estimate of drug-likeness (QED) is 0.575. The molecule has 0 radical (unpaired) electrons. The molecule has 0 aliphatic carbocycles. The molecule has 0 bridgehead atoms. The lowest BCUT2D eigenvalue weighted by atomic mass is 10.2. The van der Waals surface area contributed by atoms with E-state index in [0.29, 0.717) is 23.8 Å². The molecule has 0 saturated heterocycles. The van der Waals surface area contributed by atoms with E-state index in [9.17, 15) is 9.59 Å². The Kier molecular flexibility index (Phi) is 6.36. The molecular formula is C18H17BrN4O3S. The maximum Gasteiger partial charge on any atom is 0.243 e. The van der Waals surface area contributed by atoms with E-state index in [1.54, 1.807) is 6.07 Å². The summed E-state index contributed by atoms with van der Waals surface area (Å²) >= 11 is 4.92. The summed E-state index contributed by atoms with van der Waals surface area (Å²) in [6.45, 7) is 1.83. The van der Waals surface area contributed by atoms with Gasteiger partial charge in [-0.2, -0.15) is 4.98 Å². The summed E-state index contributed by atoms with van der Waals surface area (Å²) in [5.41, 5.74) is 1.69. The van der Waals surface area contributed by atoms with Crippen LogP contribution < -0.4 is 10.6 Å². The van der Waals surface area contributed by atoms with Crippen LogP contribution in [0.25, 0.3) is 10.7 Å². The maximum atomic E-state index is 11.9. The van der Waals surface area contributed by atoms with Crippen LogP contribution in [0.2, 0.25) is 0 Å². The van der Waals surface area contributed by atoms with E-state index in [2.05, 4.69) is 36.7 Å². The van der Waals surface area contributed by atoms with E-state index in [4.69, 9.17) is 4.52 Å². The Bertz CT molecular complexity index is 940. The van der Waals surface area contributed by atoms with Crippen molar-refractivity contribution in [2.75, 3.05) is 11.9 Å². The van der Waals surface area contributed by atoms with E-state index in [-0.39, 0.29) is 24.8 Å². The molecule has 27 heavy (non-hydrogen) atoms. The van der Waals surface area contributed by atoms with Gasteiger partial charge in [-0.15, -0.1) is 11.3 Å². The SMILES string of the molecule is Cc1cc(NC(=O)CNC(=O)CCc2nc(-c3cccs3)no2)ccc1Br. The molecule has 0 aliphatic heterocycles. The van der Waals surface area contributed by atoms with Crippen LogP contribution in [0, 0.1) is 6.92 Å². The number of hydrogen-bond donors (Lipinski definition) is 2. The molecule has 7 nitrogen and oxygen atoms in total. The molecule has 0 unspecified atom stereocenters. The fourth-order valence-electron chi connectivity index (χ4n) is 2.28. The molecular weight excluding hydrogens is 432 g/mol. The van der Waals surface area contributed by atoms with Gasteiger partial charge in [0, 0.05) is 23.0 Å². The third-order valence-electron chi connectivity index (χ3n) is 3.66. The Labute approximate surface area is 168 Å². The number of thiophene rings is 1. The van der Waals surface area contributed by atoms with Crippen molar-refractivity contribution in [3.8, 4) is 10.7 Å². The minimum absolute atomic E-state index is 0.0990. The van der Waals surface area contributed by atoms with Gasteiger partial charge in [0.25, 0.3) is 0 Å². The smallest absolute Gasteiger partial charge is 0.243 e. The molecule has 2 heterocycles. The second kappa shape index (κ2) is 8.92. The topological polar surface area (TPSA) is 97.1 Å². The first-order valence-electron chi connectivity index (χ1n) is 8.20. The number of nitrogens with one attached hydrogen (secondary N) is 2. The minimum Gasteiger partial charge on any atom is -0.347 e. The second-order valence-electron chi connectivity index (χ2n) is 5.78. The summed E-state index contributed by atoms with van der Waals surface area (Å²) in [6, 6.07) is 9.31. The molecule has 140 valence electrons. The van der Waals surface area contributed by atoms with E-state index in [1.807, 2.05) is 36.6 Å². The van der Waals surface area contributed by atoms with Crippen LogP contribution in [0.4, 0.5) is 5.69 Å². The zero-order valence-electron chi connectivity index (χ0n) is 14.5. The Morgan fingerprint density at radius 2 is 2.11 bits per heavy atom. The largest absolute Gasteiger partial charge is 0.347 e. The number of rotatable bonds is 7. The predicted octanol–water partition coefficient (Wildman–Crippen LogP) is 3.56. The van der Waals surface area contributed by atoms with Crippen LogP contribution in [-0.2, 0) is 16.0 Å². The fourth-order valence-corrected chi connectivity index (χ4v) is 3.17. The van der Waals surface area contributed by atoms with Gasteiger partial charge in [0.1, 0.15) is 0 Å². The van der Waals surface area contributed by atoms with Crippen LogP contribution in [0.15, 0.2) is 44.7 Å². The van der Waals surface area contributed by atoms with Crippen LogP contribution in [0.5, 0.6) is 0 Å². The first-order valence-corrected chi connectivity index (χ1v) is 9.87. The summed E-state index contributed by atoms with van der Waals surface area (Å²) in [6.07, 6.45) is 0.481. The molecule has 2 N–H and O–H groups in total. The number of halogens is 1. The number of hydrogen-bond acceptors (Lipinski definition) is 6. The molecule has 1 aromatic carbocycles. The van der Waals surface area contributed by atoms with Gasteiger partial charge in [0.05, 0.1) is 11.4 Å². The van der Waals surface area contributed by atoms with Crippen molar-refractivity contribution in [3.63, 3.8) is 0 Å². The number of carbonyl (C=O) groups excluding carboxylic acids is 2. The van der Waals surface area contributed by atoms with Crippen molar-refractivity contribution < 1.29 is 14.1 Å². The minimum atomic E-state index is -0.289. The summed E-state index contributed by atoms with van der Waals surface area (Å²) in [7, 11) is 0. The van der Waals surface area contributed by atoms with Crippen molar-refractivity contribution >= 4 is 44.8 Å². The molecule has 0 atom stereocenters. The number of aryl methyl sites for hydroxylation is 2. The van der Waals surface area contributed by atoms with Crippen molar-refractivity contribution in [3.05, 3.63) is 51.6 Å². The molecule has 2 amide bonds. The van der Waals surface area contributed by atoms with Crippen LogP contribution >= 0.6 is 27.3 Å². The lowest BCUT2D eigenvalue weighted by molar-refractivity contribution is -0.124. The lowest BCUT2D eigenvalue weighted by Gasteiger charge is -2.08. The number of anilines is 1. The van der Waals surface area contributed by atoms with E-state index in [1.165, 1.54) is 11.3 Å². The highest BCUT2D eigenvalue weighted by atomic mass is 79.9. The number of amides is 2. The van der Waals surface area contributed by atoms with Crippen LogP contribution in [0.1, 0.15) is 17.9 Å². The number of carbonyl (C=O) groups is 2. The lowest BCUT2D eigenvalue weighted by Crippen LogP contribution is -2.33. The number of aromatic nitrogens is 2.